The Balaban J connectivity index is 2.37. The summed E-state index contributed by atoms with van der Waals surface area (Å²) in [6.45, 7) is 1.39. The second-order valence-electron chi connectivity index (χ2n) is 4.51. The van der Waals surface area contributed by atoms with Gasteiger partial charge in [0.2, 0.25) is 5.89 Å². The fourth-order valence-electron chi connectivity index (χ4n) is 2.37. The van der Waals surface area contributed by atoms with Gasteiger partial charge >= 0.3 is 11.9 Å². The van der Waals surface area contributed by atoms with E-state index in [1.165, 1.54) is 6.92 Å². The van der Waals surface area contributed by atoms with Crippen molar-refractivity contribution < 1.29 is 22.7 Å². The first-order valence-electron chi connectivity index (χ1n) is 5.60. The van der Waals surface area contributed by atoms with Crippen LogP contribution in [0.2, 0.25) is 0 Å². The Kier molecular flexibility index (Phi) is 3.22. The van der Waals surface area contributed by atoms with Crippen molar-refractivity contribution in [2.24, 2.45) is 5.92 Å². The quantitative estimate of drug-likeness (QED) is 0.834. The molecule has 1 fully saturated rings. The average molecular weight is 266 g/mol. The minimum atomic E-state index is -4.42. The molecule has 0 aliphatic heterocycles. The first kappa shape index (κ1) is 13.1. The molecule has 1 N–H and O–H groups in total. The van der Waals surface area contributed by atoms with Crippen molar-refractivity contribution >= 4 is 0 Å². The van der Waals surface area contributed by atoms with Gasteiger partial charge in [-0.25, -0.2) is 4.79 Å². The maximum absolute atomic E-state index is 12.9. The molecule has 3 unspecified atom stereocenters. The van der Waals surface area contributed by atoms with Crippen LogP contribution < -0.4 is 5.76 Å². The lowest BCUT2D eigenvalue weighted by Gasteiger charge is -2.34. The van der Waals surface area contributed by atoms with Crippen molar-refractivity contribution in [2.45, 2.75) is 44.5 Å². The molecule has 1 aromatic rings. The van der Waals surface area contributed by atoms with E-state index in [1.807, 2.05) is 0 Å². The summed E-state index contributed by atoms with van der Waals surface area (Å²) < 4.78 is 44.0. The molecular weight excluding hydrogens is 253 g/mol. The molecule has 102 valence electrons. The maximum atomic E-state index is 12.9. The Morgan fingerprint density at radius 3 is 2.61 bits per heavy atom. The number of aryl methyl sites for hydroxylation is 1. The first-order valence-corrected chi connectivity index (χ1v) is 5.60. The number of aromatic nitrogens is 2. The van der Waals surface area contributed by atoms with Crippen LogP contribution in [0.5, 0.6) is 0 Å². The predicted molar refractivity (Wildman–Crippen MR) is 53.9 cm³/mol. The SMILES string of the molecule is Cc1nn(C2CC(O)CCC2C(F)(F)F)c(=O)o1. The summed E-state index contributed by atoms with van der Waals surface area (Å²) in [6, 6.07) is -1.20. The second-order valence-corrected chi connectivity index (χ2v) is 4.51. The van der Waals surface area contributed by atoms with E-state index in [4.69, 9.17) is 0 Å². The van der Waals surface area contributed by atoms with Gasteiger partial charge in [-0.3, -0.25) is 0 Å². The zero-order valence-electron chi connectivity index (χ0n) is 9.65. The molecule has 0 amide bonds. The molecule has 0 bridgehead atoms. The molecule has 1 aliphatic carbocycles. The van der Waals surface area contributed by atoms with Gasteiger partial charge in [0.15, 0.2) is 0 Å². The van der Waals surface area contributed by atoms with E-state index < -0.39 is 30.0 Å². The third kappa shape index (κ3) is 2.43. The van der Waals surface area contributed by atoms with Crippen molar-refractivity contribution in [3.8, 4) is 0 Å². The van der Waals surface area contributed by atoms with Gasteiger partial charge < -0.3 is 9.52 Å². The average Bonchev–Trinajstić information content (AvgIpc) is 2.55. The van der Waals surface area contributed by atoms with Crippen molar-refractivity contribution in [3.63, 3.8) is 0 Å². The number of halogens is 3. The number of aliphatic hydroxyl groups is 1. The molecule has 5 nitrogen and oxygen atoms in total. The molecule has 0 aromatic carbocycles. The number of hydrogen-bond donors (Lipinski definition) is 1. The highest BCUT2D eigenvalue weighted by Gasteiger charge is 2.49. The Labute approximate surface area is 100 Å². The van der Waals surface area contributed by atoms with Crippen LogP contribution in [0.25, 0.3) is 0 Å². The van der Waals surface area contributed by atoms with Gasteiger partial charge in [0.05, 0.1) is 18.1 Å². The van der Waals surface area contributed by atoms with Gasteiger partial charge in [0, 0.05) is 6.92 Å². The van der Waals surface area contributed by atoms with Crippen molar-refractivity contribution in [3.05, 3.63) is 16.4 Å². The molecule has 1 aromatic heterocycles. The van der Waals surface area contributed by atoms with Crippen molar-refractivity contribution in [2.75, 3.05) is 0 Å². The van der Waals surface area contributed by atoms with Crippen LogP contribution >= 0.6 is 0 Å². The van der Waals surface area contributed by atoms with E-state index in [2.05, 4.69) is 9.52 Å². The van der Waals surface area contributed by atoms with Gasteiger partial charge in [-0.2, -0.15) is 17.9 Å². The molecule has 1 heterocycles. The number of aliphatic hydroxyl groups excluding tert-OH is 1. The summed E-state index contributed by atoms with van der Waals surface area (Å²) in [6.07, 6.45) is -5.55. The van der Waals surface area contributed by atoms with E-state index in [0.29, 0.717) is 4.68 Å². The fourth-order valence-corrected chi connectivity index (χ4v) is 2.37. The number of rotatable bonds is 1. The minimum absolute atomic E-state index is 0.0148. The third-order valence-corrected chi connectivity index (χ3v) is 3.19. The minimum Gasteiger partial charge on any atom is -0.393 e. The highest BCUT2D eigenvalue weighted by Crippen LogP contribution is 2.43. The smallest absolute Gasteiger partial charge is 0.393 e. The van der Waals surface area contributed by atoms with Crippen molar-refractivity contribution in [1.29, 1.82) is 0 Å². The highest BCUT2D eigenvalue weighted by molar-refractivity contribution is 4.88. The standard InChI is InChI=1S/C10H13F3N2O3/c1-5-14-15(9(17)18-5)8-4-6(16)2-3-7(8)10(11,12)13/h6-8,16H,2-4H2,1H3. The van der Waals surface area contributed by atoms with E-state index in [9.17, 15) is 23.1 Å². The number of nitrogens with zero attached hydrogens (tertiary/aromatic N) is 2. The monoisotopic (exact) mass is 266 g/mol. The van der Waals surface area contributed by atoms with E-state index in [-0.39, 0.29) is 25.2 Å². The van der Waals surface area contributed by atoms with Crippen LogP contribution in [-0.2, 0) is 0 Å². The number of alkyl halides is 3. The van der Waals surface area contributed by atoms with Crippen LogP contribution in [0.15, 0.2) is 9.21 Å². The van der Waals surface area contributed by atoms with E-state index >= 15 is 0 Å². The first-order chi connectivity index (χ1) is 8.29. The normalized spacial score (nSPS) is 29.5. The molecule has 0 saturated heterocycles. The zero-order valence-corrected chi connectivity index (χ0v) is 9.65. The summed E-state index contributed by atoms with van der Waals surface area (Å²) in [5, 5.41) is 13.1. The molecule has 0 spiro atoms. The highest BCUT2D eigenvalue weighted by atomic mass is 19.4. The summed E-state index contributed by atoms with van der Waals surface area (Å²) in [5.41, 5.74) is 0. The summed E-state index contributed by atoms with van der Waals surface area (Å²) >= 11 is 0. The lowest BCUT2D eigenvalue weighted by molar-refractivity contribution is -0.200. The second kappa shape index (κ2) is 4.42. The van der Waals surface area contributed by atoms with Crippen LogP contribution in [0.3, 0.4) is 0 Å². The zero-order chi connectivity index (χ0) is 13.5. The molecule has 1 saturated carbocycles. The van der Waals surface area contributed by atoms with Crippen LogP contribution in [-0.4, -0.2) is 27.2 Å². The van der Waals surface area contributed by atoms with Crippen LogP contribution in [0, 0.1) is 12.8 Å². The molecule has 3 atom stereocenters. The van der Waals surface area contributed by atoms with Crippen LogP contribution in [0.4, 0.5) is 13.2 Å². The maximum Gasteiger partial charge on any atom is 0.437 e. The van der Waals surface area contributed by atoms with E-state index in [1.54, 1.807) is 0 Å². The summed E-state index contributed by atoms with van der Waals surface area (Å²) in [4.78, 5) is 11.4. The van der Waals surface area contributed by atoms with Gasteiger partial charge in [0.1, 0.15) is 0 Å². The predicted octanol–water partition coefficient (Wildman–Crippen LogP) is 1.41. The lowest BCUT2D eigenvalue weighted by Crippen LogP contribution is -2.41. The van der Waals surface area contributed by atoms with Crippen molar-refractivity contribution in [1.82, 2.24) is 9.78 Å². The Bertz CT molecular complexity index is 479. The Morgan fingerprint density at radius 1 is 1.44 bits per heavy atom. The van der Waals surface area contributed by atoms with Gasteiger partial charge in [-0.1, -0.05) is 0 Å². The Hall–Kier alpha value is -1.31. The topological polar surface area (TPSA) is 68.3 Å². The fraction of sp³-hybridized carbons (Fsp3) is 0.800. The largest absolute Gasteiger partial charge is 0.437 e. The van der Waals surface area contributed by atoms with Gasteiger partial charge in [0.25, 0.3) is 0 Å². The third-order valence-electron chi connectivity index (χ3n) is 3.19. The van der Waals surface area contributed by atoms with Crippen LogP contribution in [0.1, 0.15) is 31.2 Å². The van der Waals surface area contributed by atoms with E-state index in [0.717, 1.165) is 0 Å². The molecule has 1 aliphatic rings. The summed E-state index contributed by atoms with van der Waals surface area (Å²) in [5.74, 6) is -2.58. The molecule has 8 heteroatoms. The molecule has 18 heavy (non-hydrogen) atoms. The Morgan fingerprint density at radius 2 is 2.11 bits per heavy atom. The lowest BCUT2D eigenvalue weighted by atomic mass is 9.82. The van der Waals surface area contributed by atoms with Gasteiger partial charge in [-0.05, 0) is 19.3 Å². The summed E-state index contributed by atoms with van der Waals surface area (Å²) in [7, 11) is 0. The van der Waals surface area contributed by atoms with Gasteiger partial charge in [-0.15, -0.1) is 5.10 Å². The molecular formula is C10H13F3N2O3. The molecule has 0 radical (unpaired) electrons. The molecule has 2 rings (SSSR count). The number of hydrogen-bond acceptors (Lipinski definition) is 4.